The monoisotopic (exact) mass is 386 g/mol. The van der Waals surface area contributed by atoms with Crippen LogP contribution in [0.1, 0.15) is 37.0 Å². The van der Waals surface area contributed by atoms with Crippen molar-refractivity contribution in [3.63, 3.8) is 0 Å². The summed E-state index contributed by atoms with van der Waals surface area (Å²) in [6.45, 7) is 3.91. The van der Waals surface area contributed by atoms with Gasteiger partial charge in [-0.2, -0.15) is 0 Å². The zero-order valence-corrected chi connectivity index (χ0v) is 17.0. The fourth-order valence-electron chi connectivity index (χ4n) is 3.32. The molecule has 4 nitrogen and oxygen atoms in total. The number of benzene rings is 2. The molecule has 2 rings (SSSR count). The van der Waals surface area contributed by atoms with Crippen LogP contribution in [-0.4, -0.2) is 23.5 Å². The minimum absolute atomic E-state index is 0.163. The predicted octanol–water partition coefficient (Wildman–Crippen LogP) is 5.20. The average molecular weight is 386 g/mol. The number of hydrogen-bond donors (Lipinski definition) is 1. The second-order valence-electron chi connectivity index (χ2n) is 7.32. The molecule has 2 aromatic carbocycles. The lowest BCUT2D eigenvalue weighted by Crippen LogP contribution is -2.42. The molecule has 0 saturated carbocycles. The largest absolute Gasteiger partial charge is 0.481 e. The second kappa shape index (κ2) is 9.77. The highest BCUT2D eigenvalue weighted by molar-refractivity contribution is 7.25. The van der Waals surface area contributed by atoms with E-state index in [-0.39, 0.29) is 20.8 Å². The summed E-state index contributed by atoms with van der Waals surface area (Å²) in [6.07, 6.45) is 1.52. The van der Waals surface area contributed by atoms with Crippen molar-refractivity contribution in [2.24, 2.45) is 11.8 Å². The summed E-state index contributed by atoms with van der Waals surface area (Å²) >= 11 is 0. The van der Waals surface area contributed by atoms with E-state index < -0.39 is 17.2 Å². The van der Waals surface area contributed by atoms with E-state index in [2.05, 4.69) is 12.1 Å². The summed E-state index contributed by atoms with van der Waals surface area (Å²) in [7, 11) is 1.13. The van der Waals surface area contributed by atoms with Crippen LogP contribution in [0.15, 0.2) is 54.6 Å². The third-order valence-corrected chi connectivity index (χ3v) is 5.75. The Kier molecular flexibility index (Phi) is 7.70. The molecule has 2 unspecified atom stereocenters. The summed E-state index contributed by atoms with van der Waals surface area (Å²) in [6, 6.07) is 18.2. The first-order valence-electron chi connectivity index (χ1n) is 9.14. The molecule has 144 valence electrons. The first kappa shape index (κ1) is 21.3. The van der Waals surface area contributed by atoms with Crippen LogP contribution in [0, 0.1) is 11.8 Å². The smallest absolute Gasteiger partial charge is 0.310 e. The van der Waals surface area contributed by atoms with Crippen LogP contribution in [0.25, 0.3) is 0 Å². The van der Waals surface area contributed by atoms with Crippen LogP contribution < -0.4 is 0 Å². The summed E-state index contributed by atoms with van der Waals surface area (Å²) in [5.41, 5.74) is 3.31. The van der Waals surface area contributed by atoms with Crippen LogP contribution in [0.4, 0.5) is 0 Å². The Balaban J connectivity index is 2.20. The molecule has 0 amide bonds. The van der Waals surface area contributed by atoms with Gasteiger partial charge in [-0.05, 0) is 35.4 Å². The van der Waals surface area contributed by atoms with Gasteiger partial charge in [-0.15, -0.1) is 0 Å². The maximum Gasteiger partial charge on any atom is 0.310 e. The van der Waals surface area contributed by atoms with Crippen LogP contribution in [0.5, 0.6) is 0 Å². The molecular weight excluding hydrogens is 359 g/mol. The van der Waals surface area contributed by atoms with Gasteiger partial charge >= 0.3 is 5.97 Å². The van der Waals surface area contributed by atoms with Crippen molar-refractivity contribution in [2.75, 3.05) is 7.11 Å². The number of hydrogen-bond acceptors (Lipinski definition) is 3. The lowest BCUT2D eigenvalue weighted by Gasteiger charge is -2.32. The summed E-state index contributed by atoms with van der Waals surface area (Å²) in [5.74, 6) is -1.66. The van der Waals surface area contributed by atoms with E-state index in [1.807, 2.05) is 56.3 Å². The first-order chi connectivity index (χ1) is 12.9. The van der Waals surface area contributed by atoms with Gasteiger partial charge in [-0.3, -0.25) is 9.36 Å². The van der Waals surface area contributed by atoms with Gasteiger partial charge in [0, 0.05) is 13.5 Å². The van der Waals surface area contributed by atoms with Crippen molar-refractivity contribution in [1.29, 1.82) is 0 Å². The van der Waals surface area contributed by atoms with E-state index in [1.54, 1.807) is 0 Å². The summed E-state index contributed by atoms with van der Waals surface area (Å²) in [4.78, 5) is 11.8. The fourth-order valence-corrected chi connectivity index (χ4v) is 3.98. The summed E-state index contributed by atoms with van der Waals surface area (Å²) < 4.78 is 17.5. The molecule has 0 aliphatic rings. The Morgan fingerprint density at radius 1 is 1.04 bits per heavy atom. The lowest BCUT2D eigenvalue weighted by atomic mass is 9.87. The topological polar surface area (TPSA) is 63.6 Å². The van der Waals surface area contributed by atoms with E-state index in [0.29, 0.717) is 6.42 Å². The molecule has 2 aromatic rings. The van der Waals surface area contributed by atoms with Gasteiger partial charge in [0.1, 0.15) is 0 Å². The molecule has 0 aliphatic carbocycles. The third kappa shape index (κ3) is 5.72. The van der Waals surface area contributed by atoms with E-state index in [1.165, 1.54) is 18.2 Å². The second-order valence-corrected chi connectivity index (χ2v) is 8.26. The number of carbonyl (C=O) groups is 1. The Morgan fingerprint density at radius 3 is 2.07 bits per heavy atom. The van der Waals surface area contributed by atoms with Crippen LogP contribution >= 0.6 is 8.46 Å². The maximum atomic E-state index is 12.0. The van der Waals surface area contributed by atoms with Gasteiger partial charge in [-0.25, -0.2) is 0 Å². The summed E-state index contributed by atoms with van der Waals surface area (Å²) in [5, 5.41) is 8.42. The van der Waals surface area contributed by atoms with Crippen molar-refractivity contribution in [3.8, 4) is 0 Å². The van der Waals surface area contributed by atoms with Gasteiger partial charge in [0.25, 0.3) is 0 Å². The lowest BCUT2D eigenvalue weighted by molar-refractivity contribution is -0.149. The zero-order valence-electron chi connectivity index (χ0n) is 16.1. The molecule has 1 N–H and O–H groups in total. The van der Waals surface area contributed by atoms with Crippen molar-refractivity contribution >= 4 is 14.4 Å². The molecule has 0 radical (unpaired) electrons. The molecule has 27 heavy (non-hydrogen) atoms. The maximum absolute atomic E-state index is 12.0. The van der Waals surface area contributed by atoms with E-state index in [0.717, 1.165) is 12.0 Å². The van der Waals surface area contributed by atoms with Crippen molar-refractivity contribution < 1.29 is 19.2 Å². The normalized spacial score (nSPS) is 14.8. The average Bonchev–Trinajstić information content (AvgIpc) is 2.66. The van der Waals surface area contributed by atoms with Crippen LogP contribution in [-0.2, 0) is 26.9 Å². The van der Waals surface area contributed by atoms with Crippen LogP contribution in [0.2, 0.25) is 0 Å². The Labute approximate surface area is 162 Å². The molecule has 0 aliphatic heterocycles. The number of aliphatic carboxylic acids is 1. The minimum Gasteiger partial charge on any atom is -0.481 e. The Morgan fingerprint density at radius 2 is 1.59 bits per heavy atom. The quantitative estimate of drug-likeness (QED) is 0.570. The number of rotatable bonds is 10. The Hall–Kier alpha value is -2.03. The molecule has 0 heterocycles. The fraction of sp³-hybridized carbons (Fsp3) is 0.409. The third-order valence-electron chi connectivity index (χ3n) is 4.79. The highest BCUT2D eigenvalue weighted by Gasteiger charge is 2.45. The van der Waals surface area contributed by atoms with Crippen molar-refractivity contribution in [2.45, 2.75) is 38.5 Å². The van der Waals surface area contributed by atoms with Gasteiger partial charge in [0.2, 0.25) is 0 Å². The molecule has 2 atom stereocenters. The molecule has 0 saturated heterocycles. The van der Waals surface area contributed by atoms with Gasteiger partial charge in [0.15, 0.2) is 13.8 Å². The molecule has 5 heteroatoms. The molecule has 0 fully saturated rings. The highest BCUT2D eigenvalue weighted by Crippen LogP contribution is 2.40. The van der Waals surface area contributed by atoms with E-state index in [9.17, 15) is 14.5 Å². The number of ether oxygens (including phenoxy) is 1. The van der Waals surface area contributed by atoms with Crippen molar-refractivity contribution in [3.05, 3.63) is 71.3 Å². The van der Waals surface area contributed by atoms with Gasteiger partial charge in [0.05, 0.1) is 5.92 Å². The van der Waals surface area contributed by atoms with E-state index in [4.69, 9.17) is 4.74 Å². The van der Waals surface area contributed by atoms with E-state index >= 15 is 0 Å². The first-order valence-corrected chi connectivity index (χ1v) is 9.95. The van der Waals surface area contributed by atoms with Gasteiger partial charge < -0.3 is 9.84 Å². The predicted molar refractivity (Wildman–Crippen MR) is 107 cm³/mol. The molecule has 0 bridgehead atoms. The van der Waals surface area contributed by atoms with Gasteiger partial charge in [-0.1, -0.05) is 68.4 Å². The van der Waals surface area contributed by atoms with Crippen LogP contribution in [0.3, 0.4) is 0 Å². The number of methoxy groups -OCH3 is 1. The standard InChI is InChI=1S/C22H27O4P/c1-16(2)13-20(21(23)24)22(26-3,27-25)15-19-11-9-18(10-12-19)14-17-7-5-4-6-8-17/h4-12,16,20H,13-15H2,1-3H3,(H,23,24). The molecule has 0 spiro atoms. The number of carboxylic acid groups (broad SMARTS) is 1. The SMILES string of the molecule is COC(Cc1ccc(Cc2ccccc2)cc1)(P=O)C(CC(C)C)C(=O)O. The minimum atomic E-state index is -1.27. The number of carboxylic acids is 1. The zero-order chi connectivity index (χ0) is 19.9. The van der Waals surface area contributed by atoms with Crippen molar-refractivity contribution in [1.82, 2.24) is 0 Å². The highest BCUT2D eigenvalue weighted by atomic mass is 31.1. The Bertz CT molecular complexity index is 743. The molecule has 0 aromatic heterocycles. The molecular formula is C22H27O4P.